The van der Waals surface area contributed by atoms with Crippen molar-refractivity contribution in [2.75, 3.05) is 7.11 Å². The van der Waals surface area contributed by atoms with Crippen molar-refractivity contribution in [3.63, 3.8) is 0 Å². The molecule has 0 spiro atoms. The van der Waals surface area contributed by atoms with E-state index in [0.29, 0.717) is 0 Å². The first-order valence-corrected chi connectivity index (χ1v) is 13.3. The van der Waals surface area contributed by atoms with Gasteiger partial charge in [-0.25, -0.2) is 13.2 Å². The third kappa shape index (κ3) is 6.44. The van der Waals surface area contributed by atoms with Gasteiger partial charge in [-0.3, -0.25) is 4.79 Å². The topological polar surface area (TPSA) is 117 Å². The predicted octanol–water partition coefficient (Wildman–Crippen LogP) is 3.27. The minimum atomic E-state index is -4.01. The Bertz CT molecular complexity index is 1480. The predicted molar refractivity (Wildman–Crippen MR) is 141 cm³/mol. The van der Waals surface area contributed by atoms with Crippen LogP contribution in [-0.4, -0.2) is 44.5 Å². The van der Waals surface area contributed by atoms with Crippen LogP contribution in [0, 0.1) is 6.92 Å². The van der Waals surface area contributed by atoms with E-state index in [-0.39, 0.29) is 17.7 Å². The Hall–Kier alpha value is -3.95. The van der Waals surface area contributed by atoms with E-state index >= 15 is 0 Å². The lowest BCUT2D eigenvalue weighted by Gasteiger charge is -2.22. The molecule has 3 N–H and O–H groups in total. The molecule has 0 radical (unpaired) electrons. The van der Waals surface area contributed by atoms with Crippen molar-refractivity contribution in [2.45, 2.75) is 36.7 Å². The van der Waals surface area contributed by atoms with Gasteiger partial charge < -0.3 is 15.0 Å². The number of sulfonamides is 1. The van der Waals surface area contributed by atoms with Crippen LogP contribution in [0.2, 0.25) is 0 Å². The summed E-state index contributed by atoms with van der Waals surface area (Å²) in [6.07, 6.45) is 2.05. The van der Waals surface area contributed by atoms with Gasteiger partial charge >= 0.3 is 5.97 Å². The van der Waals surface area contributed by atoms with E-state index in [1.165, 1.54) is 19.2 Å². The van der Waals surface area contributed by atoms with E-state index in [1.807, 2.05) is 61.5 Å². The Labute approximate surface area is 216 Å². The number of aromatic nitrogens is 1. The van der Waals surface area contributed by atoms with Gasteiger partial charge in [0.1, 0.15) is 12.1 Å². The van der Waals surface area contributed by atoms with Crippen molar-refractivity contribution >= 4 is 32.8 Å². The molecule has 3 aromatic carbocycles. The zero-order valence-electron chi connectivity index (χ0n) is 20.6. The molecule has 1 amide bonds. The van der Waals surface area contributed by atoms with Gasteiger partial charge in [-0.1, -0.05) is 66.2 Å². The molecule has 192 valence electrons. The third-order valence-corrected chi connectivity index (χ3v) is 7.62. The van der Waals surface area contributed by atoms with E-state index in [0.717, 1.165) is 27.6 Å². The summed E-state index contributed by atoms with van der Waals surface area (Å²) in [5, 5.41) is 3.64. The fourth-order valence-electron chi connectivity index (χ4n) is 4.14. The monoisotopic (exact) mass is 519 g/mol. The Morgan fingerprint density at radius 3 is 2.27 bits per heavy atom. The molecule has 0 saturated carbocycles. The van der Waals surface area contributed by atoms with Crippen LogP contribution < -0.4 is 10.0 Å². The van der Waals surface area contributed by atoms with Gasteiger partial charge in [-0.05, 0) is 42.7 Å². The molecule has 0 saturated heterocycles. The first kappa shape index (κ1) is 26.1. The number of hydrogen-bond donors (Lipinski definition) is 3. The lowest BCUT2D eigenvalue weighted by atomic mass is 10.0. The van der Waals surface area contributed by atoms with Gasteiger partial charge in [0.05, 0.1) is 12.0 Å². The van der Waals surface area contributed by atoms with Crippen molar-refractivity contribution < 1.29 is 22.7 Å². The fourth-order valence-corrected chi connectivity index (χ4v) is 5.33. The Balaban J connectivity index is 1.60. The molecule has 1 heterocycles. The molecule has 0 aliphatic carbocycles. The van der Waals surface area contributed by atoms with E-state index in [1.54, 1.807) is 18.3 Å². The van der Waals surface area contributed by atoms with Gasteiger partial charge in [0.15, 0.2) is 0 Å². The van der Waals surface area contributed by atoms with Gasteiger partial charge in [0.2, 0.25) is 15.9 Å². The second kappa shape index (κ2) is 11.4. The molecular formula is C28H29N3O5S. The number of para-hydroxylation sites is 1. The SMILES string of the molecule is COC(=O)[C@H](Cc1c[nH]c2ccccc12)NC(=O)[C@H](Cc1ccccc1)NS(=O)(=O)c1ccc(C)cc1. The van der Waals surface area contributed by atoms with Crippen LogP contribution >= 0.6 is 0 Å². The summed E-state index contributed by atoms with van der Waals surface area (Å²) in [6.45, 7) is 1.86. The van der Waals surface area contributed by atoms with E-state index in [9.17, 15) is 18.0 Å². The minimum Gasteiger partial charge on any atom is -0.467 e. The number of ether oxygens (including phenoxy) is 1. The Kier molecular flexibility index (Phi) is 8.05. The molecule has 4 rings (SSSR count). The number of aryl methyl sites for hydroxylation is 1. The standard InChI is InChI=1S/C28H29N3O5S/c1-19-12-14-22(15-13-19)37(34,35)31-25(16-20-8-4-3-5-9-20)27(32)30-26(28(33)36-2)17-21-18-29-24-11-7-6-10-23(21)24/h3-15,18,25-26,29,31H,16-17H2,1-2H3,(H,30,32)/t25-,26-/m0/s1. The van der Waals surface area contributed by atoms with Crippen molar-refractivity contribution in [1.29, 1.82) is 0 Å². The summed E-state index contributed by atoms with van der Waals surface area (Å²) in [5.74, 6) is -1.26. The van der Waals surface area contributed by atoms with E-state index in [4.69, 9.17) is 4.74 Å². The second-order valence-corrected chi connectivity index (χ2v) is 10.5. The van der Waals surface area contributed by atoms with Gasteiger partial charge in [0.25, 0.3) is 0 Å². The molecular weight excluding hydrogens is 490 g/mol. The summed E-state index contributed by atoms with van der Waals surface area (Å²) in [4.78, 5) is 29.3. The number of H-pyrrole nitrogens is 1. The van der Waals surface area contributed by atoms with Crippen LogP contribution in [0.3, 0.4) is 0 Å². The van der Waals surface area contributed by atoms with Crippen LogP contribution in [0.25, 0.3) is 10.9 Å². The van der Waals surface area contributed by atoms with Crippen LogP contribution in [0.1, 0.15) is 16.7 Å². The smallest absolute Gasteiger partial charge is 0.328 e. The molecule has 37 heavy (non-hydrogen) atoms. The fraction of sp³-hybridized carbons (Fsp3) is 0.214. The zero-order chi connectivity index (χ0) is 26.4. The number of rotatable bonds is 10. The van der Waals surface area contributed by atoms with Gasteiger partial charge in [-0.15, -0.1) is 0 Å². The molecule has 0 bridgehead atoms. The summed E-state index contributed by atoms with van der Waals surface area (Å²) in [5.41, 5.74) is 3.41. The van der Waals surface area contributed by atoms with Crippen LogP contribution in [0.5, 0.6) is 0 Å². The highest BCUT2D eigenvalue weighted by atomic mass is 32.2. The second-order valence-electron chi connectivity index (χ2n) is 8.82. The van der Waals surface area contributed by atoms with Crippen LogP contribution in [-0.2, 0) is 37.2 Å². The molecule has 1 aromatic heterocycles. The first-order chi connectivity index (χ1) is 17.8. The lowest BCUT2D eigenvalue weighted by molar-refractivity contribution is -0.145. The summed E-state index contributed by atoms with van der Waals surface area (Å²) >= 11 is 0. The number of aromatic amines is 1. The number of esters is 1. The maximum Gasteiger partial charge on any atom is 0.328 e. The largest absolute Gasteiger partial charge is 0.467 e. The highest BCUT2D eigenvalue weighted by Crippen LogP contribution is 2.20. The van der Waals surface area contributed by atoms with Crippen LogP contribution in [0.15, 0.2) is 90.0 Å². The molecule has 0 aliphatic heterocycles. The number of carbonyl (C=O) groups excluding carboxylic acids is 2. The zero-order valence-corrected chi connectivity index (χ0v) is 21.4. The molecule has 0 unspecified atom stereocenters. The van der Waals surface area contributed by atoms with E-state index < -0.39 is 34.0 Å². The number of amides is 1. The number of nitrogens with one attached hydrogen (secondary N) is 3. The number of fused-ring (bicyclic) bond motifs is 1. The molecule has 9 heteroatoms. The highest BCUT2D eigenvalue weighted by Gasteiger charge is 2.30. The molecule has 0 fully saturated rings. The van der Waals surface area contributed by atoms with Gasteiger partial charge in [-0.2, -0.15) is 4.72 Å². The average Bonchev–Trinajstić information content (AvgIpc) is 3.31. The normalized spacial score (nSPS) is 13.1. The number of methoxy groups -OCH3 is 1. The summed E-state index contributed by atoms with van der Waals surface area (Å²) in [7, 11) is -2.77. The maximum atomic E-state index is 13.5. The van der Waals surface area contributed by atoms with Crippen molar-refractivity contribution in [3.05, 3.63) is 102 Å². The first-order valence-electron chi connectivity index (χ1n) is 11.8. The number of benzene rings is 3. The number of carbonyl (C=O) groups is 2. The molecule has 2 atom stereocenters. The Morgan fingerprint density at radius 1 is 0.892 bits per heavy atom. The Morgan fingerprint density at radius 2 is 1.57 bits per heavy atom. The van der Waals surface area contributed by atoms with Crippen LogP contribution in [0.4, 0.5) is 0 Å². The number of hydrogen-bond acceptors (Lipinski definition) is 5. The van der Waals surface area contributed by atoms with Gasteiger partial charge in [0, 0.05) is 23.5 Å². The molecule has 8 nitrogen and oxygen atoms in total. The lowest BCUT2D eigenvalue weighted by Crippen LogP contribution is -2.53. The molecule has 4 aromatic rings. The van der Waals surface area contributed by atoms with E-state index in [2.05, 4.69) is 15.0 Å². The minimum absolute atomic E-state index is 0.0484. The summed E-state index contributed by atoms with van der Waals surface area (Å²) < 4.78 is 33.8. The third-order valence-electron chi connectivity index (χ3n) is 6.13. The highest BCUT2D eigenvalue weighted by molar-refractivity contribution is 7.89. The molecule has 0 aliphatic rings. The van der Waals surface area contributed by atoms with Crippen molar-refractivity contribution in [1.82, 2.24) is 15.0 Å². The van der Waals surface area contributed by atoms with Crippen molar-refractivity contribution in [2.24, 2.45) is 0 Å². The quantitative estimate of drug-likeness (QED) is 0.278. The van der Waals surface area contributed by atoms with Crippen molar-refractivity contribution in [3.8, 4) is 0 Å². The summed E-state index contributed by atoms with van der Waals surface area (Å²) in [6, 6.07) is 20.9. The maximum absolute atomic E-state index is 13.5. The average molecular weight is 520 g/mol.